The van der Waals surface area contributed by atoms with E-state index < -0.39 is 0 Å². The fraction of sp³-hybridized carbons (Fsp3) is 0.500. The molecule has 0 bridgehead atoms. The number of hydrogen-bond acceptors (Lipinski definition) is 1. The molecule has 0 radical (unpaired) electrons. The van der Waals surface area contributed by atoms with Gasteiger partial charge in [0.05, 0.1) is 7.11 Å². The first kappa shape index (κ1) is 11.6. The van der Waals surface area contributed by atoms with Crippen LogP contribution in [-0.2, 0) is 0 Å². The molecule has 0 aliphatic rings. The number of methoxy groups -OCH3 is 1. The number of benzene rings is 1. The minimum absolute atomic E-state index is 0.554. The first-order valence-electron chi connectivity index (χ1n) is 4.81. The number of hydrogen-bond donors (Lipinski definition) is 0. The Morgan fingerprint density at radius 2 is 1.79 bits per heavy atom. The van der Waals surface area contributed by atoms with E-state index in [0.717, 1.165) is 11.1 Å². The second-order valence-electron chi connectivity index (χ2n) is 3.74. The van der Waals surface area contributed by atoms with Gasteiger partial charge in [0, 0.05) is 5.33 Å². The second-order valence-corrected chi connectivity index (χ2v) is 4.39. The lowest BCUT2D eigenvalue weighted by atomic mass is 9.98. The van der Waals surface area contributed by atoms with Crippen molar-refractivity contribution in [3.05, 3.63) is 28.8 Å². The minimum atomic E-state index is 0.554. The van der Waals surface area contributed by atoms with E-state index in [0.29, 0.717) is 5.92 Å². The van der Waals surface area contributed by atoms with Gasteiger partial charge in [-0.2, -0.15) is 0 Å². The molecule has 0 aliphatic heterocycles. The Morgan fingerprint density at radius 3 is 2.14 bits per heavy atom. The van der Waals surface area contributed by atoms with Crippen LogP contribution in [0.5, 0.6) is 5.75 Å². The van der Waals surface area contributed by atoms with Crippen LogP contribution in [0, 0.1) is 13.8 Å². The molecule has 0 aromatic heterocycles. The van der Waals surface area contributed by atoms with Crippen molar-refractivity contribution in [3.8, 4) is 5.75 Å². The molecule has 0 aliphatic carbocycles. The number of rotatable bonds is 3. The van der Waals surface area contributed by atoms with Gasteiger partial charge in [0.15, 0.2) is 0 Å². The van der Waals surface area contributed by atoms with E-state index in [1.165, 1.54) is 16.7 Å². The normalized spacial score (nSPS) is 12.6. The van der Waals surface area contributed by atoms with Crippen LogP contribution in [0.15, 0.2) is 12.1 Å². The van der Waals surface area contributed by atoms with E-state index in [-0.39, 0.29) is 0 Å². The molecule has 0 saturated carbocycles. The zero-order valence-electron chi connectivity index (χ0n) is 9.23. The highest BCUT2D eigenvalue weighted by molar-refractivity contribution is 9.09. The Morgan fingerprint density at radius 1 is 1.29 bits per heavy atom. The maximum absolute atomic E-state index is 5.33. The van der Waals surface area contributed by atoms with Crippen LogP contribution in [0.3, 0.4) is 0 Å². The van der Waals surface area contributed by atoms with Crippen LogP contribution in [0.2, 0.25) is 0 Å². The number of alkyl halides is 1. The summed E-state index contributed by atoms with van der Waals surface area (Å²) in [5, 5.41) is 0.998. The van der Waals surface area contributed by atoms with Crippen LogP contribution < -0.4 is 4.74 Å². The summed E-state index contributed by atoms with van der Waals surface area (Å²) in [4.78, 5) is 0. The molecule has 0 fully saturated rings. The van der Waals surface area contributed by atoms with Crippen molar-refractivity contribution in [2.75, 3.05) is 12.4 Å². The summed E-state index contributed by atoms with van der Waals surface area (Å²) in [6.45, 7) is 6.40. The first-order valence-corrected chi connectivity index (χ1v) is 5.93. The van der Waals surface area contributed by atoms with Gasteiger partial charge in [-0.3, -0.25) is 0 Å². The van der Waals surface area contributed by atoms with Crippen molar-refractivity contribution < 1.29 is 4.74 Å². The summed E-state index contributed by atoms with van der Waals surface area (Å²) < 4.78 is 5.33. The Labute approximate surface area is 94.6 Å². The summed E-state index contributed by atoms with van der Waals surface area (Å²) in [6.07, 6.45) is 0. The van der Waals surface area contributed by atoms with Gasteiger partial charge < -0.3 is 4.74 Å². The van der Waals surface area contributed by atoms with Crippen molar-refractivity contribution in [2.24, 2.45) is 0 Å². The highest BCUT2D eigenvalue weighted by atomic mass is 79.9. The number of halogens is 1. The molecule has 1 unspecified atom stereocenters. The molecule has 0 saturated heterocycles. The topological polar surface area (TPSA) is 9.23 Å². The third kappa shape index (κ3) is 2.30. The molecule has 78 valence electrons. The van der Waals surface area contributed by atoms with Gasteiger partial charge in [-0.25, -0.2) is 0 Å². The van der Waals surface area contributed by atoms with Crippen LogP contribution >= 0.6 is 15.9 Å². The molecule has 1 atom stereocenters. The van der Waals surface area contributed by atoms with Crippen molar-refractivity contribution >= 4 is 15.9 Å². The standard InChI is InChI=1S/C12H17BrO/c1-8-5-11(10(3)7-13)6-9(2)12(8)14-4/h5-6,10H,7H2,1-4H3. The third-order valence-corrected chi connectivity index (χ3v) is 3.46. The average Bonchev–Trinajstić information content (AvgIpc) is 2.16. The Kier molecular flexibility index (Phi) is 3.99. The maximum Gasteiger partial charge on any atom is 0.124 e. The SMILES string of the molecule is COc1c(C)cc(C(C)CBr)cc1C. The largest absolute Gasteiger partial charge is 0.496 e. The molecular weight excluding hydrogens is 240 g/mol. The van der Waals surface area contributed by atoms with Gasteiger partial charge in [0.1, 0.15) is 5.75 Å². The summed E-state index contributed by atoms with van der Waals surface area (Å²) in [5.41, 5.74) is 3.81. The third-order valence-electron chi connectivity index (χ3n) is 2.49. The fourth-order valence-electron chi connectivity index (χ4n) is 1.68. The molecule has 0 heterocycles. The van der Waals surface area contributed by atoms with Crippen molar-refractivity contribution in [2.45, 2.75) is 26.7 Å². The van der Waals surface area contributed by atoms with Crippen molar-refractivity contribution in [3.63, 3.8) is 0 Å². The number of ether oxygens (including phenoxy) is 1. The van der Waals surface area contributed by atoms with Crippen LogP contribution in [0.25, 0.3) is 0 Å². The molecule has 2 heteroatoms. The first-order chi connectivity index (χ1) is 6.60. The monoisotopic (exact) mass is 256 g/mol. The number of aryl methyl sites for hydroxylation is 2. The van der Waals surface area contributed by atoms with Crippen LogP contribution in [0.4, 0.5) is 0 Å². The van der Waals surface area contributed by atoms with E-state index in [2.05, 4.69) is 48.8 Å². The van der Waals surface area contributed by atoms with Gasteiger partial charge in [0.25, 0.3) is 0 Å². The lowest BCUT2D eigenvalue weighted by Gasteiger charge is -2.14. The average molecular weight is 257 g/mol. The lowest BCUT2D eigenvalue weighted by molar-refractivity contribution is 0.408. The molecule has 1 rings (SSSR count). The Balaban J connectivity index is 3.13. The molecule has 1 aromatic rings. The Bertz CT molecular complexity index is 297. The summed E-state index contributed by atoms with van der Waals surface area (Å²) in [7, 11) is 1.73. The van der Waals surface area contributed by atoms with Crippen molar-refractivity contribution in [1.29, 1.82) is 0 Å². The molecule has 0 amide bonds. The maximum atomic E-state index is 5.33. The summed E-state index contributed by atoms with van der Waals surface area (Å²) >= 11 is 3.50. The lowest BCUT2D eigenvalue weighted by Crippen LogP contribution is -1.98. The van der Waals surface area contributed by atoms with Gasteiger partial charge in [-0.15, -0.1) is 0 Å². The Hall–Kier alpha value is -0.500. The van der Waals surface area contributed by atoms with E-state index >= 15 is 0 Å². The van der Waals surface area contributed by atoms with E-state index in [4.69, 9.17) is 4.74 Å². The molecule has 1 nitrogen and oxygen atoms in total. The van der Waals surface area contributed by atoms with Crippen LogP contribution in [0.1, 0.15) is 29.5 Å². The minimum Gasteiger partial charge on any atom is -0.496 e. The summed E-state index contributed by atoms with van der Waals surface area (Å²) in [5.74, 6) is 1.56. The van der Waals surface area contributed by atoms with Gasteiger partial charge >= 0.3 is 0 Å². The predicted molar refractivity (Wildman–Crippen MR) is 64.7 cm³/mol. The summed E-state index contributed by atoms with van der Waals surface area (Å²) in [6, 6.07) is 4.41. The predicted octanol–water partition coefficient (Wildman–Crippen LogP) is 3.81. The zero-order chi connectivity index (χ0) is 10.7. The zero-order valence-corrected chi connectivity index (χ0v) is 10.8. The van der Waals surface area contributed by atoms with Gasteiger partial charge in [0.2, 0.25) is 0 Å². The molecule has 1 aromatic carbocycles. The molecule has 0 spiro atoms. The molecular formula is C12H17BrO. The van der Waals surface area contributed by atoms with Crippen LogP contribution in [-0.4, -0.2) is 12.4 Å². The van der Waals surface area contributed by atoms with Crippen molar-refractivity contribution in [1.82, 2.24) is 0 Å². The second kappa shape index (κ2) is 4.83. The highest BCUT2D eigenvalue weighted by Gasteiger charge is 2.09. The molecule has 0 N–H and O–H groups in total. The smallest absolute Gasteiger partial charge is 0.124 e. The quantitative estimate of drug-likeness (QED) is 0.748. The highest BCUT2D eigenvalue weighted by Crippen LogP contribution is 2.28. The fourth-order valence-corrected chi connectivity index (χ4v) is 2.05. The van der Waals surface area contributed by atoms with E-state index in [1.807, 2.05) is 0 Å². The van der Waals surface area contributed by atoms with E-state index in [9.17, 15) is 0 Å². The molecule has 14 heavy (non-hydrogen) atoms. The van der Waals surface area contributed by atoms with E-state index in [1.54, 1.807) is 7.11 Å². The van der Waals surface area contributed by atoms with Gasteiger partial charge in [-0.1, -0.05) is 35.0 Å². The van der Waals surface area contributed by atoms with Gasteiger partial charge in [-0.05, 0) is 36.5 Å².